The Hall–Kier alpha value is -3.32. The van der Waals surface area contributed by atoms with E-state index in [4.69, 9.17) is 13.9 Å². The van der Waals surface area contributed by atoms with Gasteiger partial charge in [-0.1, -0.05) is 24.3 Å². The number of methoxy groups -OCH3 is 2. The average Bonchev–Trinajstić information content (AvgIpc) is 3.34. The fraction of sp³-hybridized carbons (Fsp3) is 0.143. The molecule has 0 saturated carbocycles. The van der Waals surface area contributed by atoms with Crippen LogP contribution in [0.5, 0.6) is 11.5 Å². The van der Waals surface area contributed by atoms with Gasteiger partial charge in [0.1, 0.15) is 11.4 Å². The summed E-state index contributed by atoms with van der Waals surface area (Å²) in [4.78, 5) is 16.8. The maximum absolute atomic E-state index is 12.3. The van der Waals surface area contributed by atoms with Crippen LogP contribution >= 0.6 is 11.3 Å². The molecule has 0 fully saturated rings. The highest BCUT2D eigenvalue weighted by atomic mass is 32.1. The lowest BCUT2D eigenvalue weighted by atomic mass is 10.1. The zero-order chi connectivity index (χ0) is 19.5. The first-order valence-corrected chi connectivity index (χ1v) is 9.49. The topological polar surface area (TPSA) is 73.6 Å². The number of aromatic nitrogens is 1. The Morgan fingerprint density at radius 3 is 2.71 bits per heavy atom. The van der Waals surface area contributed by atoms with Crippen molar-refractivity contribution in [3.63, 3.8) is 0 Å². The molecular weight excluding hydrogens is 376 g/mol. The van der Waals surface area contributed by atoms with Gasteiger partial charge in [-0.25, -0.2) is 4.98 Å². The molecular formula is C21H18N2O4S. The van der Waals surface area contributed by atoms with E-state index in [2.05, 4.69) is 10.3 Å². The molecule has 4 aromatic rings. The third kappa shape index (κ3) is 3.70. The molecule has 0 spiro atoms. The smallest absolute Gasteiger partial charge is 0.230 e. The summed E-state index contributed by atoms with van der Waals surface area (Å²) < 4.78 is 16.4. The number of rotatable bonds is 6. The molecule has 0 radical (unpaired) electrons. The molecule has 4 rings (SSSR count). The number of furan rings is 1. The maximum atomic E-state index is 12.3. The highest BCUT2D eigenvalue weighted by Crippen LogP contribution is 2.34. The number of carbonyl (C=O) groups is 1. The Morgan fingerprint density at radius 1 is 1.14 bits per heavy atom. The van der Waals surface area contributed by atoms with Gasteiger partial charge in [0.25, 0.3) is 0 Å². The number of carbonyl (C=O) groups excluding carboxylic acids is 1. The summed E-state index contributed by atoms with van der Waals surface area (Å²) in [5.74, 6) is 1.94. The van der Waals surface area contributed by atoms with E-state index in [1.807, 2.05) is 53.9 Å². The summed E-state index contributed by atoms with van der Waals surface area (Å²) >= 11 is 1.35. The first-order valence-electron chi connectivity index (χ1n) is 8.61. The van der Waals surface area contributed by atoms with Crippen LogP contribution in [-0.2, 0) is 11.2 Å². The molecule has 0 bridgehead atoms. The first-order chi connectivity index (χ1) is 13.7. The molecule has 0 unspecified atom stereocenters. The van der Waals surface area contributed by atoms with Gasteiger partial charge < -0.3 is 19.2 Å². The Bertz CT molecular complexity index is 1120. The van der Waals surface area contributed by atoms with E-state index in [9.17, 15) is 4.79 Å². The molecule has 1 N–H and O–H groups in total. The second-order valence-electron chi connectivity index (χ2n) is 6.10. The van der Waals surface area contributed by atoms with Crippen LogP contribution in [-0.4, -0.2) is 25.1 Å². The molecule has 0 aliphatic carbocycles. The minimum absolute atomic E-state index is 0.127. The number of nitrogens with zero attached hydrogens (tertiary/aromatic N) is 1. The SMILES string of the molecule is COc1ccc(CC(=O)Nc2nc(-c3cc4cccc(OC)c4o3)cs2)cc1. The van der Waals surface area contributed by atoms with E-state index >= 15 is 0 Å². The number of hydrogen-bond donors (Lipinski definition) is 1. The third-order valence-corrected chi connectivity index (χ3v) is 5.01. The predicted octanol–water partition coefficient (Wildman–Crippen LogP) is 4.75. The van der Waals surface area contributed by atoms with E-state index < -0.39 is 0 Å². The van der Waals surface area contributed by atoms with Crippen molar-refractivity contribution in [3.05, 3.63) is 59.5 Å². The second-order valence-corrected chi connectivity index (χ2v) is 6.96. The van der Waals surface area contributed by atoms with Gasteiger partial charge in [-0.3, -0.25) is 4.79 Å². The van der Waals surface area contributed by atoms with Crippen LogP contribution in [0, 0.1) is 0 Å². The lowest BCUT2D eigenvalue weighted by Crippen LogP contribution is -2.14. The molecule has 28 heavy (non-hydrogen) atoms. The minimum atomic E-state index is -0.127. The molecule has 1 amide bonds. The van der Waals surface area contributed by atoms with Gasteiger partial charge >= 0.3 is 0 Å². The van der Waals surface area contributed by atoms with Crippen molar-refractivity contribution in [1.82, 2.24) is 4.98 Å². The van der Waals surface area contributed by atoms with Gasteiger partial charge in [0.05, 0.1) is 20.6 Å². The van der Waals surface area contributed by atoms with Crippen molar-refractivity contribution < 1.29 is 18.7 Å². The lowest BCUT2D eigenvalue weighted by molar-refractivity contribution is -0.115. The normalized spacial score (nSPS) is 10.8. The molecule has 2 heterocycles. The van der Waals surface area contributed by atoms with Gasteiger partial charge in [0, 0.05) is 10.8 Å². The number of fused-ring (bicyclic) bond motifs is 1. The van der Waals surface area contributed by atoms with Crippen molar-refractivity contribution in [3.8, 4) is 23.0 Å². The standard InChI is InChI=1S/C21H18N2O4S/c1-25-15-8-6-13(7-9-15)10-19(24)23-21-22-16(12-28-21)18-11-14-4-3-5-17(26-2)20(14)27-18/h3-9,11-12H,10H2,1-2H3,(H,22,23,24). The fourth-order valence-electron chi connectivity index (χ4n) is 2.86. The Morgan fingerprint density at radius 2 is 1.96 bits per heavy atom. The second kappa shape index (κ2) is 7.74. The van der Waals surface area contributed by atoms with Gasteiger partial charge in [0.2, 0.25) is 5.91 Å². The molecule has 7 heteroatoms. The summed E-state index contributed by atoms with van der Waals surface area (Å²) in [6, 6.07) is 15.0. The summed E-state index contributed by atoms with van der Waals surface area (Å²) in [6.45, 7) is 0. The van der Waals surface area contributed by atoms with E-state index in [-0.39, 0.29) is 12.3 Å². The Labute approximate surface area is 165 Å². The number of anilines is 1. The van der Waals surface area contributed by atoms with Crippen molar-refractivity contribution in [2.75, 3.05) is 19.5 Å². The van der Waals surface area contributed by atoms with Crippen LogP contribution < -0.4 is 14.8 Å². The highest BCUT2D eigenvalue weighted by Gasteiger charge is 2.14. The van der Waals surface area contributed by atoms with Gasteiger partial charge in [-0.15, -0.1) is 11.3 Å². The number of thiazole rings is 1. The van der Waals surface area contributed by atoms with Gasteiger partial charge in [0.15, 0.2) is 22.2 Å². The van der Waals surface area contributed by atoms with Gasteiger partial charge in [-0.2, -0.15) is 0 Å². The van der Waals surface area contributed by atoms with Crippen LogP contribution in [0.25, 0.3) is 22.4 Å². The third-order valence-electron chi connectivity index (χ3n) is 4.25. The fourth-order valence-corrected chi connectivity index (χ4v) is 3.58. The molecule has 2 aromatic heterocycles. The number of para-hydroxylation sites is 1. The zero-order valence-electron chi connectivity index (χ0n) is 15.4. The van der Waals surface area contributed by atoms with Crippen molar-refractivity contribution in [2.45, 2.75) is 6.42 Å². The molecule has 6 nitrogen and oxygen atoms in total. The van der Waals surface area contributed by atoms with Crippen LogP contribution in [0.4, 0.5) is 5.13 Å². The zero-order valence-corrected chi connectivity index (χ0v) is 16.2. The van der Waals surface area contributed by atoms with Crippen molar-refractivity contribution in [1.29, 1.82) is 0 Å². The lowest BCUT2D eigenvalue weighted by Gasteiger charge is -2.03. The summed E-state index contributed by atoms with van der Waals surface area (Å²) in [5, 5.41) is 6.16. The molecule has 142 valence electrons. The first kappa shape index (κ1) is 18.1. The van der Waals surface area contributed by atoms with Crippen LogP contribution in [0.1, 0.15) is 5.56 Å². The van der Waals surface area contributed by atoms with E-state index in [0.29, 0.717) is 27.9 Å². The van der Waals surface area contributed by atoms with E-state index in [1.165, 1.54) is 11.3 Å². The number of nitrogens with one attached hydrogen (secondary N) is 1. The van der Waals surface area contributed by atoms with Crippen molar-refractivity contribution >= 4 is 33.3 Å². The molecule has 2 aromatic carbocycles. The Kier molecular flexibility index (Phi) is 4.99. The molecule has 0 aliphatic rings. The largest absolute Gasteiger partial charge is 0.497 e. The quantitative estimate of drug-likeness (QED) is 0.511. The summed E-state index contributed by atoms with van der Waals surface area (Å²) in [5.41, 5.74) is 2.25. The van der Waals surface area contributed by atoms with E-state index in [0.717, 1.165) is 16.7 Å². The molecule has 0 aliphatic heterocycles. The van der Waals surface area contributed by atoms with Gasteiger partial charge in [-0.05, 0) is 29.8 Å². The average molecular weight is 394 g/mol. The summed E-state index contributed by atoms with van der Waals surface area (Å²) in [7, 11) is 3.22. The molecule has 0 saturated heterocycles. The minimum Gasteiger partial charge on any atom is -0.497 e. The maximum Gasteiger partial charge on any atom is 0.230 e. The highest BCUT2D eigenvalue weighted by molar-refractivity contribution is 7.14. The van der Waals surface area contributed by atoms with E-state index in [1.54, 1.807) is 14.2 Å². The predicted molar refractivity (Wildman–Crippen MR) is 109 cm³/mol. The van der Waals surface area contributed by atoms with Crippen LogP contribution in [0.15, 0.2) is 58.3 Å². The number of benzene rings is 2. The van der Waals surface area contributed by atoms with Crippen LogP contribution in [0.2, 0.25) is 0 Å². The van der Waals surface area contributed by atoms with Crippen LogP contribution in [0.3, 0.4) is 0 Å². The van der Waals surface area contributed by atoms with Crippen molar-refractivity contribution in [2.24, 2.45) is 0 Å². The number of ether oxygens (including phenoxy) is 2. The molecule has 0 atom stereocenters. The number of hydrogen-bond acceptors (Lipinski definition) is 6. The number of amides is 1. The Balaban J connectivity index is 1.47. The summed E-state index contributed by atoms with van der Waals surface area (Å²) in [6.07, 6.45) is 0.265. The monoisotopic (exact) mass is 394 g/mol.